The number of carboxylic acids is 1. The molecule has 0 unspecified atom stereocenters. The number of nitrogens with one attached hydrogen (secondary N) is 3. The Kier molecular flexibility index (Phi) is 7.79. The highest BCUT2D eigenvalue weighted by molar-refractivity contribution is 7.89. The summed E-state index contributed by atoms with van der Waals surface area (Å²) < 4.78 is 28.8. The fourth-order valence-corrected chi connectivity index (χ4v) is 5.22. The largest absolute Gasteiger partial charge is 0.481 e. The van der Waals surface area contributed by atoms with E-state index >= 15 is 0 Å². The van der Waals surface area contributed by atoms with Crippen molar-refractivity contribution in [3.63, 3.8) is 0 Å². The van der Waals surface area contributed by atoms with Crippen molar-refractivity contribution in [3.05, 3.63) is 95.6 Å². The van der Waals surface area contributed by atoms with E-state index in [-0.39, 0.29) is 11.3 Å². The topological polar surface area (TPSA) is 120 Å². The number of benzene rings is 3. The molecule has 182 valence electrons. The number of hydrogen-bond donors (Lipinski definition) is 4. The number of aliphatic imine (C=N–C) groups is 1. The third kappa shape index (κ3) is 6.91. The van der Waals surface area contributed by atoms with E-state index in [0.29, 0.717) is 12.0 Å². The molecule has 0 amide bonds. The smallest absolute Gasteiger partial charge is 0.305 e. The van der Waals surface area contributed by atoms with Crippen molar-refractivity contribution in [2.75, 3.05) is 18.4 Å². The van der Waals surface area contributed by atoms with Crippen molar-refractivity contribution in [1.82, 2.24) is 10.0 Å². The third-order valence-electron chi connectivity index (χ3n) is 5.65. The normalized spacial score (nSPS) is 14.1. The van der Waals surface area contributed by atoms with Crippen LogP contribution >= 0.6 is 0 Å². The van der Waals surface area contributed by atoms with E-state index in [1.54, 1.807) is 42.5 Å². The second-order valence-corrected chi connectivity index (χ2v) is 10.0. The van der Waals surface area contributed by atoms with Crippen molar-refractivity contribution < 1.29 is 18.3 Å². The SMILES string of the molecule is O=C(O)C[C@H](NS(=O)(=O)c1cccc(CCc2cccc(NC3=NCCN3)c2)c1)c1ccccc1. The van der Waals surface area contributed by atoms with E-state index in [1.165, 1.54) is 6.07 Å². The molecule has 1 heterocycles. The van der Waals surface area contributed by atoms with E-state index in [0.717, 1.165) is 42.3 Å². The summed E-state index contributed by atoms with van der Waals surface area (Å²) in [5, 5.41) is 15.7. The van der Waals surface area contributed by atoms with Crippen LogP contribution in [0.3, 0.4) is 0 Å². The molecule has 35 heavy (non-hydrogen) atoms. The maximum absolute atomic E-state index is 13.1. The average Bonchev–Trinajstić information content (AvgIpc) is 3.36. The Balaban J connectivity index is 1.44. The fourth-order valence-electron chi connectivity index (χ4n) is 3.92. The number of nitrogens with zero attached hydrogens (tertiary/aromatic N) is 1. The lowest BCUT2D eigenvalue weighted by atomic mass is 10.0. The van der Waals surface area contributed by atoms with Crippen molar-refractivity contribution in [2.24, 2.45) is 4.99 Å². The van der Waals surface area contributed by atoms with Crippen LogP contribution in [-0.2, 0) is 27.7 Å². The van der Waals surface area contributed by atoms with Gasteiger partial charge in [0, 0.05) is 12.2 Å². The number of aryl methyl sites for hydroxylation is 2. The van der Waals surface area contributed by atoms with Crippen LogP contribution in [-0.4, -0.2) is 38.5 Å². The number of anilines is 1. The van der Waals surface area contributed by atoms with Crippen molar-refractivity contribution in [2.45, 2.75) is 30.2 Å². The van der Waals surface area contributed by atoms with Gasteiger partial charge in [0.25, 0.3) is 0 Å². The van der Waals surface area contributed by atoms with Gasteiger partial charge in [-0.1, -0.05) is 54.6 Å². The van der Waals surface area contributed by atoms with E-state index < -0.39 is 22.0 Å². The molecule has 1 atom stereocenters. The second kappa shape index (κ2) is 11.2. The molecular weight excluding hydrogens is 464 g/mol. The molecule has 0 aliphatic carbocycles. The zero-order valence-corrected chi connectivity index (χ0v) is 20.0. The maximum Gasteiger partial charge on any atom is 0.305 e. The zero-order valence-electron chi connectivity index (χ0n) is 19.1. The Morgan fingerprint density at radius 2 is 1.69 bits per heavy atom. The Hall–Kier alpha value is -3.69. The predicted octanol–water partition coefficient (Wildman–Crippen LogP) is 3.34. The summed E-state index contributed by atoms with van der Waals surface area (Å²) in [5.74, 6) is -0.313. The number of carboxylic acid groups (broad SMARTS) is 1. The molecule has 0 spiro atoms. The molecule has 0 aromatic heterocycles. The summed E-state index contributed by atoms with van der Waals surface area (Å²) in [6.07, 6.45) is 1.04. The fraction of sp³-hybridized carbons (Fsp3) is 0.231. The number of sulfonamides is 1. The van der Waals surface area contributed by atoms with Crippen LogP contribution in [0.5, 0.6) is 0 Å². The summed E-state index contributed by atoms with van der Waals surface area (Å²) in [7, 11) is -3.92. The van der Waals surface area contributed by atoms with Gasteiger partial charge in [0.2, 0.25) is 10.0 Å². The van der Waals surface area contributed by atoms with Gasteiger partial charge in [-0.3, -0.25) is 9.79 Å². The quantitative estimate of drug-likeness (QED) is 0.345. The summed E-state index contributed by atoms with van der Waals surface area (Å²) in [4.78, 5) is 15.8. The van der Waals surface area contributed by atoms with E-state index in [1.807, 2.05) is 24.3 Å². The van der Waals surface area contributed by atoms with Crippen LogP contribution in [0.15, 0.2) is 88.8 Å². The van der Waals surface area contributed by atoms with Crippen LogP contribution in [0.4, 0.5) is 5.69 Å². The zero-order chi connectivity index (χ0) is 24.7. The molecule has 8 nitrogen and oxygen atoms in total. The first-order valence-corrected chi connectivity index (χ1v) is 12.9. The highest BCUT2D eigenvalue weighted by Crippen LogP contribution is 2.22. The summed E-state index contributed by atoms with van der Waals surface area (Å²) in [6.45, 7) is 1.59. The van der Waals surface area contributed by atoms with Crippen LogP contribution in [0, 0.1) is 0 Å². The Labute approximate surface area is 205 Å². The Bertz CT molecular complexity index is 1310. The van der Waals surface area contributed by atoms with E-state index in [9.17, 15) is 18.3 Å². The van der Waals surface area contributed by atoms with Gasteiger partial charge in [-0.2, -0.15) is 0 Å². The first-order valence-electron chi connectivity index (χ1n) is 11.4. The van der Waals surface area contributed by atoms with E-state index in [2.05, 4.69) is 26.4 Å². The predicted molar refractivity (Wildman–Crippen MR) is 136 cm³/mol. The Morgan fingerprint density at radius 1 is 0.971 bits per heavy atom. The lowest BCUT2D eigenvalue weighted by molar-refractivity contribution is -0.137. The molecule has 4 rings (SSSR count). The molecular formula is C26H28N4O4S. The van der Waals surface area contributed by atoms with Gasteiger partial charge in [0.05, 0.1) is 23.9 Å². The van der Waals surface area contributed by atoms with Crippen molar-refractivity contribution in [1.29, 1.82) is 0 Å². The van der Waals surface area contributed by atoms with Gasteiger partial charge < -0.3 is 15.7 Å². The molecule has 3 aromatic carbocycles. The lowest BCUT2D eigenvalue weighted by Gasteiger charge is -2.18. The summed E-state index contributed by atoms with van der Waals surface area (Å²) in [5.41, 5.74) is 3.54. The molecule has 1 aliphatic rings. The molecule has 0 radical (unpaired) electrons. The lowest BCUT2D eigenvalue weighted by Crippen LogP contribution is -2.30. The maximum atomic E-state index is 13.1. The highest BCUT2D eigenvalue weighted by atomic mass is 32.2. The molecule has 0 bridgehead atoms. The van der Waals surface area contributed by atoms with Crippen LogP contribution in [0.25, 0.3) is 0 Å². The van der Waals surface area contributed by atoms with Crippen molar-refractivity contribution >= 4 is 27.6 Å². The molecule has 9 heteroatoms. The summed E-state index contributed by atoms with van der Waals surface area (Å²) >= 11 is 0. The number of hydrogen-bond acceptors (Lipinski definition) is 6. The van der Waals surface area contributed by atoms with Gasteiger partial charge in [-0.05, 0) is 53.8 Å². The Morgan fingerprint density at radius 3 is 2.37 bits per heavy atom. The number of aliphatic carboxylic acids is 1. The first-order chi connectivity index (χ1) is 16.9. The summed E-state index contributed by atoms with van der Waals surface area (Å²) in [6, 6.07) is 22.7. The minimum absolute atomic E-state index is 0.113. The average molecular weight is 493 g/mol. The number of carbonyl (C=O) groups is 1. The number of guanidine groups is 1. The molecule has 1 aliphatic heterocycles. The molecule has 4 N–H and O–H groups in total. The minimum Gasteiger partial charge on any atom is -0.481 e. The van der Waals surface area contributed by atoms with Gasteiger partial charge in [0.15, 0.2) is 5.96 Å². The van der Waals surface area contributed by atoms with Crippen LogP contribution < -0.4 is 15.4 Å². The van der Waals surface area contributed by atoms with Gasteiger partial charge >= 0.3 is 5.97 Å². The van der Waals surface area contributed by atoms with Crippen molar-refractivity contribution in [3.8, 4) is 0 Å². The number of rotatable bonds is 10. The van der Waals surface area contributed by atoms with Gasteiger partial charge in [-0.15, -0.1) is 0 Å². The highest BCUT2D eigenvalue weighted by Gasteiger charge is 2.23. The van der Waals surface area contributed by atoms with Gasteiger partial charge in [0.1, 0.15) is 0 Å². The van der Waals surface area contributed by atoms with Crippen LogP contribution in [0.1, 0.15) is 29.2 Å². The van der Waals surface area contributed by atoms with Gasteiger partial charge in [-0.25, -0.2) is 13.1 Å². The van der Waals surface area contributed by atoms with Crippen LogP contribution in [0.2, 0.25) is 0 Å². The monoisotopic (exact) mass is 492 g/mol. The third-order valence-corrected chi connectivity index (χ3v) is 7.12. The second-order valence-electron chi connectivity index (χ2n) is 8.31. The minimum atomic E-state index is -3.92. The van der Waals surface area contributed by atoms with E-state index in [4.69, 9.17) is 0 Å². The first kappa shape index (κ1) is 24.4. The molecule has 0 saturated carbocycles. The molecule has 0 saturated heterocycles. The standard InChI is InChI=1S/C26H28N4O4S/c31-25(32)18-24(21-8-2-1-3-9-21)30-35(33,34)23-11-5-7-20(17-23)13-12-19-6-4-10-22(16-19)29-26-27-14-15-28-26/h1-11,16-17,24,30H,12-15,18H2,(H,31,32)(H2,27,28,29)/t24-/m0/s1. The molecule has 0 fully saturated rings. The molecule has 3 aromatic rings.